The van der Waals surface area contributed by atoms with Gasteiger partial charge in [0.05, 0.1) is 12.8 Å². The number of rotatable bonds is 21. The van der Waals surface area contributed by atoms with Crippen LogP contribution in [0, 0.1) is 5.92 Å². The summed E-state index contributed by atoms with van der Waals surface area (Å²) in [7, 11) is 0. The summed E-state index contributed by atoms with van der Waals surface area (Å²) < 4.78 is 31.7. The minimum atomic E-state index is -5.08. The van der Waals surface area contributed by atoms with Crippen LogP contribution in [0.15, 0.2) is 126 Å². The summed E-state index contributed by atoms with van der Waals surface area (Å²) in [5.41, 5.74) is 15.0. The molecule has 0 radical (unpaired) electrons. The number of benzene rings is 4. The fraction of sp³-hybridized carbons (Fsp3) is 0.373. The third kappa shape index (κ3) is 16.7. The summed E-state index contributed by atoms with van der Waals surface area (Å²) in [5.74, 6) is -7.11. The van der Waals surface area contributed by atoms with Crippen molar-refractivity contribution in [3.8, 4) is 0 Å². The summed E-state index contributed by atoms with van der Waals surface area (Å²) >= 11 is 0. The standard InChI is InChI=1S/C49H58N8O7.C2HF3O2/c50-49(51)53-26-13-22-38(46(62)56-40(31-44(59)60)45(61)52-27-25-37(34-18-9-3-10-19-34)35-20-11-4-12-21-35)55-47(63)42-30-36(28-32-14-5-1-6-15-32)41-24-23-39(48(64)57(41)42)54-43(58)29-33-16-7-2-8-17-33;3-2(4,5)1(6)7/h1-12,14-21,36-42H,13,22-31H2,(H,52,61)(H,54,58)(H,55,63)(H,56,62)(H,59,60)(H4,50,51,53);(H,6,7)/t36-,38-,39?,40-,41-,42-;/m0./s1. The van der Waals surface area contributed by atoms with E-state index in [-0.39, 0.29) is 68.0 Å². The number of carboxylic acids is 2. The molecular weight excluding hydrogens is 926 g/mol. The number of halogens is 3. The molecule has 0 aromatic heterocycles. The van der Waals surface area contributed by atoms with Crippen LogP contribution in [0.4, 0.5) is 13.2 Å². The largest absolute Gasteiger partial charge is 0.490 e. The van der Waals surface area contributed by atoms with Gasteiger partial charge in [0.1, 0.15) is 24.2 Å². The van der Waals surface area contributed by atoms with E-state index in [0.717, 1.165) is 22.3 Å². The van der Waals surface area contributed by atoms with Gasteiger partial charge in [0.25, 0.3) is 0 Å². The molecule has 2 saturated heterocycles. The zero-order valence-corrected chi connectivity index (χ0v) is 38.8. The van der Waals surface area contributed by atoms with E-state index in [9.17, 15) is 47.0 Å². The molecule has 5 amide bonds. The molecule has 0 aliphatic carbocycles. The maximum Gasteiger partial charge on any atom is 0.490 e. The topological polar surface area (TPSA) is 276 Å². The Morgan fingerprint density at radius 2 is 1.28 bits per heavy atom. The van der Waals surface area contributed by atoms with Gasteiger partial charge in [-0.25, -0.2) is 4.79 Å². The second-order valence-corrected chi connectivity index (χ2v) is 17.3. The minimum absolute atomic E-state index is 0.0291. The number of carbonyl (C=O) groups is 7. The maximum absolute atomic E-state index is 14.5. The number of aliphatic carboxylic acids is 2. The Labute approximate surface area is 408 Å². The third-order valence-corrected chi connectivity index (χ3v) is 12.2. The highest BCUT2D eigenvalue weighted by molar-refractivity contribution is 5.97. The number of piperidine rings is 1. The number of carboxylic acid groups (broad SMARTS) is 2. The van der Waals surface area contributed by atoms with E-state index in [1.807, 2.05) is 121 Å². The van der Waals surface area contributed by atoms with Crippen molar-refractivity contribution in [1.29, 1.82) is 0 Å². The number of aliphatic imine (C=N–C) groups is 1. The van der Waals surface area contributed by atoms with Gasteiger partial charge < -0.3 is 47.8 Å². The number of carbonyl (C=O) groups excluding carboxylic acids is 5. The molecule has 6 atom stereocenters. The predicted molar refractivity (Wildman–Crippen MR) is 256 cm³/mol. The average Bonchev–Trinajstić information content (AvgIpc) is 3.71. The first-order valence-electron chi connectivity index (χ1n) is 23.2. The van der Waals surface area contributed by atoms with Gasteiger partial charge in [-0.05, 0) is 73.1 Å². The Morgan fingerprint density at radius 3 is 1.82 bits per heavy atom. The van der Waals surface area contributed by atoms with Crippen molar-refractivity contribution in [3.05, 3.63) is 144 Å². The number of hydrogen-bond acceptors (Lipinski definition) is 8. The Balaban J connectivity index is 0.00000124. The quantitative estimate of drug-likeness (QED) is 0.0338. The lowest BCUT2D eigenvalue weighted by molar-refractivity contribution is -0.192. The van der Waals surface area contributed by atoms with Gasteiger partial charge in [0, 0.05) is 25.0 Å². The molecule has 2 heterocycles. The number of alkyl halides is 3. The number of hydrogen-bond donors (Lipinski definition) is 8. The maximum atomic E-state index is 14.5. The molecule has 17 nitrogen and oxygen atoms in total. The normalized spacial score (nSPS) is 18.1. The number of fused-ring (bicyclic) bond motifs is 1. The zero-order valence-electron chi connectivity index (χ0n) is 38.8. The molecule has 4 aromatic carbocycles. The third-order valence-electron chi connectivity index (χ3n) is 12.2. The highest BCUT2D eigenvalue weighted by atomic mass is 19.4. The average molecular weight is 985 g/mol. The smallest absolute Gasteiger partial charge is 0.481 e. The minimum Gasteiger partial charge on any atom is -0.481 e. The number of nitrogens with one attached hydrogen (secondary N) is 4. The highest BCUT2D eigenvalue weighted by Gasteiger charge is 2.51. The van der Waals surface area contributed by atoms with Gasteiger partial charge in [-0.3, -0.25) is 33.8 Å². The number of guanidine groups is 1. The van der Waals surface area contributed by atoms with E-state index in [0.29, 0.717) is 32.1 Å². The lowest BCUT2D eigenvalue weighted by atomic mass is 9.86. The Morgan fingerprint density at radius 1 is 0.732 bits per heavy atom. The molecule has 1 unspecified atom stereocenters. The fourth-order valence-electron chi connectivity index (χ4n) is 8.93. The van der Waals surface area contributed by atoms with Crippen LogP contribution in [-0.2, 0) is 46.4 Å². The molecule has 10 N–H and O–H groups in total. The monoisotopic (exact) mass is 984 g/mol. The molecule has 4 aromatic rings. The van der Waals surface area contributed by atoms with Crippen LogP contribution in [0.1, 0.15) is 73.1 Å². The molecule has 2 aliphatic heterocycles. The van der Waals surface area contributed by atoms with Gasteiger partial charge in [0.2, 0.25) is 29.5 Å². The van der Waals surface area contributed by atoms with Crippen LogP contribution in [0.25, 0.3) is 0 Å². The molecule has 2 fully saturated rings. The summed E-state index contributed by atoms with van der Waals surface area (Å²) in [6, 6.07) is 33.8. The van der Waals surface area contributed by atoms with Crippen molar-refractivity contribution < 1.29 is 56.9 Å². The van der Waals surface area contributed by atoms with Gasteiger partial charge >= 0.3 is 18.1 Å². The van der Waals surface area contributed by atoms with Crippen LogP contribution in [0.3, 0.4) is 0 Å². The van der Waals surface area contributed by atoms with E-state index in [1.54, 1.807) is 4.90 Å². The Hall–Kier alpha value is -7.77. The molecule has 0 saturated carbocycles. The molecule has 2 aliphatic rings. The SMILES string of the molecule is NC(N)=NCCC[C@H](NC(=O)[C@@H]1C[C@H](Cc2ccccc2)[C@@H]2CCC(NC(=O)Cc3ccccc3)C(=O)N12)C(=O)N[C@@H](CC(=O)O)C(=O)NCCC(c1ccccc1)c1ccccc1.O=C(O)C(F)(F)F. The van der Waals surface area contributed by atoms with E-state index in [2.05, 4.69) is 26.3 Å². The zero-order chi connectivity index (χ0) is 51.5. The van der Waals surface area contributed by atoms with Gasteiger partial charge in [-0.2, -0.15) is 13.2 Å². The van der Waals surface area contributed by atoms with Gasteiger partial charge in [0.15, 0.2) is 5.96 Å². The molecule has 20 heteroatoms. The second-order valence-electron chi connectivity index (χ2n) is 17.3. The first kappa shape index (κ1) is 54.2. The van der Waals surface area contributed by atoms with Crippen LogP contribution in [-0.4, -0.2) is 112 Å². The predicted octanol–water partition coefficient (Wildman–Crippen LogP) is 3.81. The molecule has 0 bridgehead atoms. The van der Waals surface area contributed by atoms with E-state index in [1.165, 1.54) is 0 Å². The van der Waals surface area contributed by atoms with Crippen LogP contribution < -0.4 is 32.7 Å². The summed E-state index contributed by atoms with van der Waals surface area (Å²) in [6.45, 7) is 0.313. The highest BCUT2D eigenvalue weighted by Crippen LogP contribution is 2.39. The van der Waals surface area contributed by atoms with Crippen LogP contribution in [0.5, 0.6) is 0 Å². The Kier molecular flexibility index (Phi) is 20.0. The van der Waals surface area contributed by atoms with Crippen molar-refractivity contribution in [2.24, 2.45) is 22.4 Å². The van der Waals surface area contributed by atoms with Gasteiger partial charge in [-0.1, -0.05) is 121 Å². The van der Waals surface area contributed by atoms with Crippen molar-refractivity contribution >= 4 is 47.4 Å². The lowest BCUT2D eigenvalue weighted by Gasteiger charge is -2.39. The van der Waals surface area contributed by atoms with E-state index < -0.39 is 66.4 Å². The second kappa shape index (κ2) is 26.3. The molecule has 378 valence electrons. The first-order chi connectivity index (χ1) is 33.9. The fourth-order valence-corrected chi connectivity index (χ4v) is 8.93. The first-order valence-corrected chi connectivity index (χ1v) is 23.2. The summed E-state index contributed by atoms with van der Waals surface area (Å²) in [6.07, 6.45) is -3.06. The molecule has 71 heavy (non-hydrogen) atoms. The van der Waals surface area contributed by atoms with Crippen LogP contribution >= 0.6 is 0 Å². The number of nitrogens with zero attached hydrogens (tertiary/aromatic N) is 2. The van der Waals surface area contributed by atoms with Gasteiger partial charge in [-0.15, -0.1) is 0 Å². The number of nitrogens with two attached hydrogens (primary N) is 2. The van der Waals surface area contributed by atoms with Crippen molar-refractivity contribution in [2.75, 3.05) is 13.1 Å². The van der Waals surface area contributed by atoms with Crippen molar-refractivity contribution in [1.82, 2.24) is 26.2 Å². The van der Waals surface area contributed by atoms with Crippen molar-refractivity contribution in [3.63, 3.8) is 0 Å². The van der Waals surface area contributed by atoms with E-state index >= 15 is 0 Å². The molecule has 6 rings (SSSR count). The molecular formula is C51H59F3N8O9. The lowest BCUT2D eigenvalue weighted by Crippen LogP contribution is -2.61. The van der Waals surface area contributed by atoms with E-state index in [4.69, 9.17) is 21.4 Å². The van der Waals surface area contributed by atoms with Crippen LogP contribution in [0.2, 0.25) is 0 Å². The number of amides is 5. The Bertz CT molecular complexity index is 2410. The molecule has 0 spiro atoms. The summed E-state index contributed by atoms with van der Waals surface area (Å²) in [4.78, 5) is 96.3. The van der Waals surface area contributed by atoms with Crippen molar-refractivity contribution in [2.45, 2.75) is 100 Å². The summed E-state index contributed by atoms with van der Waals surface area (Å²) in [5, 5.41) is 28.1.